The summed E-state index contributed by atoms with van der Waals surface area (Å²) in [5.41, 5.74) is 0.962. The maximum absolute atomic E-state index is 11.6. The lowest BCUT2D eigenvalue weighted by molar-refractivity contribution is -0.139. The van der Waals surface area contributed by atoms with Gasteiger partial charge in [0, 0.05) is 20.3 Å². The molecule has 1 amide bonds. The van der Waals surface area contributed by atoms with Gasteiger partial charge in [0.15, 0.2) is 0 Å². The predicted molar refractivity (Wildman–Crippen MR) is 67.5 cm³/mol. The molecule has 1 aromatic rings. The van der Waals surface area contributed by atoms with Gasteiger partial charge >= 0.3 is 5.97 Å². The highest BCUT2D eigenvalue weighted by molar-refractivity contribution is 5.92. The molecule has 0 fully saturated rings. The van der Waals surface area contributed by atoms with E-state index < -0.39 is 11.9 Å². The lowest BCUT2D eigenvalue weighted by Crippen LogP contribution is -2.23. The summed E-state index contributed by atoms with van der Waals surface area (Å²) >= 11 is 0. The van der Waals surface area contributed by atoms with E-state index in [0.29, 0.717) is 17.7 Å². The van der Waals surface area contributed by atoms with Crippen molar-refractivity contribution in [2.75, 3.05) is 14.1 Å². The van der Waals surface area contributed by atoms with Crippen molar-refractivity contribution in [1.82, 2.24) is 9.88 Å². The number of hydrogen-bond acceptors (Lipinski definition) is 3. The molecule has 0 saturated heterocycles. The second kappa shape index (κ2) is 6.14. The number of aliphatic carboxylic acids is 1. The zero-order valence-electron chi connectivity index (χ0n) is 10.9. The molecule has 0 radical (unpaired) electrons. The Labute approximate surface area is 106 Å². The SMILES string of the molecule is CCCC(C(=O)O)c1ccc(C(=O)N(C)C)nc1. The molecule has 18 heavy (non-hydrogen) atoms. The highest BCUT2D eigenvalue weighted by atomic mass is 16.4. The third-order valence-electron chi connectivity index (χ3n) is 2.69. The number of carboxylic acid groups (broad SMARTS) is 1. The highest BCUT2D eigenvalue weighted by Crippen LogP contribution is 2.21. The molecule has 1 heterocycles. The van der Waals surface area contributed by atoms with Crippen molar-refractivity contribution >= 4 is 11.9 Å². The van der Waals surface area contributed by atoms with E-state index in [1.165, 1.54) is 11.1 Å². The Hall–Kier alpha value is -1.91. The second-order valence-electron chi connectivity index (χ2n) is 4.36. The van der Waals surface area contributed by atoms with E-state index in [1.807, 2.05) is 6.92 Å². The van der Waals surface area contributed by atoms with E-state index >= 15 is 0 Å². The summed E-state index contributed by atoms with van der Waals surface area (Å²) in [6, 6.07) is 3.24. The first-order valence-electron chi connectivity index (χ1n) is 5.87. The summed E-state index contributed by atoms with van der Waals surface area (Å²) in [5.74, 6) is -1.60. The van der Waals surface area contributed by atoms with Gasteiger partial charge in [-0.15, -0.1) is 0 Å². The molecule has 0 aliphatic heterocycles. The van der Waals surface area contributed by atoms with Crippen molar-refractivity contribution in [2.24, 2.45) is 0 Å². The van der Waals surface area contributed by atoms with Crippen molar-refractivity contribution in [1.29, 1.82) is 0 Å². The molecule has 1 rings (SSSR count). The lowest BCUT2D eigenvalue weighted by atomic mass is 9.96. The number of hydrogen-bond donors (Lipinski definition) is 1. The van der Waals surface area contributed by atoms with Gasteiger partial charge in [0.2, 0.25) is 0 Å². The number of aromatic nitrogens is 1. The molecule has 1 atom stereocenters. The summed E-state index contributed by atoms with van der Waals surface area (Å²) in [6.07, 6.45) is 2.83. The Kier molecular flexibility index (Phi) is 4.83. The molecule has 5 heteroatoms. The maximum atomic E-state index is 11.6. The van der Waals surface area contributed by atoms with Crippen LogP contribution >= 0.6 is 0 Å². The Morgan fingerprint density at radius 2 is 2.06 bits per heavy atom. The first kappa shape index (κ1) is 14.2. The highest BCUT2D eigenvalue weighted by Gasteiger charge is 2.19. The van der Waals surface area contributed by atoms with E-state index in [-0.39, 0.29) is 5.91 Å². The van der Waals surface area contributed by atoms with Gasteiger partial charge in [-0.1, -0.05) is 19.4 Å². The fourth-order valence-corrected chi connectivity index (χ4v) is 1.69. The van der Waals surface area contributed by atoms with Gasteiger partial charge in [0.25, 0.3) is 5.91 Å². The third-order valence-corrected chi connectivity index (χ3v) is 2.69. The first-order chi connectivity index (χ1) is 8.47. The van der Waals surface area contributed by atoms with Gasteiger partial charge < -0.3 is 10.0 Å². The van der Waals surface area contributed by atoms with Gasteiger partial charge in [-0.2, -0.15) is 0 Å². The quantitative estimate of drug-likeness (QED) is 0.864. The topological polar surface area (TPSA) is 70.5 Å². The van der Waals surface area contributed by atoms with E-state index in [2.05, 4.69) is 4.98 Å². The Bertz CT molecular complexity index is 426. The Morgan fingerprint density at radius 3 is 2.44 bits per heavy atom. The van der Waals surface area contributed by atoms with Crippen molar-refractivity contribution in [3.8, 4) is 0 Å². The molecule has 0 saturated carbocycles. The molecule has 0 aliphatic rings. The van der Waals surface area contributed by atoms with E-state index in [9.17, 15) is 9.59 Å². The molecule has 5 nitrogen and oxygen atoms in total. The largest absolute Gasteiger partial charge is 0.481 e. The second-order valence-corrected chi connectivity index (χ2v) is 4.36. The summed E-state index contributed by atoms with van der Waals surface area (Å²) in [5, 5.41) is 9.12. The average Bonchev–Trinajstić information content (AvgIpc) is 2.35. The standard InChI is InChI=1S/C13H18N2O3/c1-4-5-10(13(17)18)9-6-7-11(14-8-9)12(16)15(2)3/h6-8,10H,4-5H2,1-3H3,(H,17,18). The molecule has 98 valence electrons. The fraction of sp³-hybridized carbons (Fsp3) is 0.462. The van der Waals surface area contributed by atoms with Crippen LogP contribution < -0.4 is 0 Å². The van der Waals surface area contributed by atoms with E-state index in [1.54, 1.807) is 26.2 Å². The molecular weight excluding hydrogens is 232 g/mol. The lowest BCUT2D eigenvalue weighted by Gasteiger charge is -2.13. The van der Waals surface area contributed by atoms with Gasteiger partial charge in [-0.05, 0) is 18.1 Å². The van der Waals surface area contributed by atoms with Gasteiger partial charge in [0.1, 0.15) is 5.69 Å². The zero-order valence-corrected chi connectivity index (χ0v) is 10.9. The van der Waals surface area contributed by atoms with Crippen LogP contribution in [0.15, 0.2) is 18.3 Å². The molecule has 1 unspecified atom stereocenters. The number of rotatable bonds is 5. The number of pyridine rings is 1. The predicted octanol–water partition coefficient (Wildman–Crippen LogP) is 1.75. The van der Waals surface area contributed by atoms with Crippen molar-refractivity contribution in [2.45, 2.75) is 25.7 Å². The number of carboxylic acids is 1. The van der Waals surface area contributed by atoms with Crippen molar-refractivity contribution in [3.05, 3.63) is 29.6 Å². The monoisotopic (exact) mass is 250 g/mol. The summed E-state index contributed by atoms with van der Waals surface area (Å²) < 4.78 is 0. The summed E-state index contributed by atoms with van der Waals surface area (Å²) in [4.78, 5) is 28.2. The van der Waals surface area contributed by atoms with Crippen LogP contribution in [0.2, 0.25) is 0 Å². The number of carbonyl (C=O) groups excluding carboxylic acids is 1. The zero-order chi connectivity index (χ0) is 13.7. The minimum Gasteiger partial charge on any atom is -0.481 e. The molecular formula is C13H18N2O3. The van der Waals surface area contributed by atoms with Crippen molar-refractivity contribution < 1.29 is 14.7 Å². The van der Waals surface area contributed by atoms with Crippen LogP contribution in [0.1, 0.15) is 41.7 Å². The summed E-state index contributed by atoms with van der Waals surface area (Å²) in [6.45, 7) is 1.94. The number of carbonyl (C=O) groups is 2. The molecule has 1 N–H and O–H groups in total. The summed E-state index contributed by atoms with van der Waals surface area (Å²) in [7, 11) is 3.30. The molecule has 0 aliphatic carbocycles. The molecule has 1 aromatic heterocycles. The third kappa shape index (κ3) is 3.29. The molecule has 0 bridgehead atoms. The van der Waals surface area contributed by atoms with Crippen LogP contribution in [0.25, 0.3) is 0 Å². The molecule has 0 spiro atoms. The smallest absolute Gasteiger partial charge is 0.311 e. The number of amides is 1. The Morgan fingerprint density at radius 1 is 1.39 bits per heavy atom. The molecule has 0 aromatic carbocycles. The van der Waals surface area contributed by atoms with Crippen LogP contribution in [0, 0.1) is 0 Å². The average molecular weight is 250 g/mol. The minimum absolute atomic E-state index is 0.191. The van der Waals surface area contributed by atoms with Crippen LogP contribution in [-0.2, 0) is 4.79 Å². The van der Waals surface area contributed by atoms with E-state index in [0.717, 1.165) is 6.42 Å². The van der Waals surface area contributed by atoms with E-state index in [4.69, 9.17) is 5.11 Å². The number of nitrogens with zero attached hydrogens (tertiary/aromatic N) is 2. The van der Waals surface area contributed by atoms with Crippen LogP contribution in [0.5, 0.6) is 0 Å². The minimum atomic E-state index is -0.856. The van der Waals surface area contributed by atoms with Gasteiger partial charge in [-0.25, -0.2) is 0 Å². The van der Waals surface area contributed by atoms with Gasteiger partial charge in [-0.3, -0.25) is 14.6 Å². The van der Waals surface area contributed by atoms with Gasteiger partial charge in [0.05, 0.1) is 5.92 Å². The van der Waals surface area contributed by atoms with Crippen LogP contribution in [0.3, 0.4) is 0 Å². The first-order valence-corrected chi connectivity index (χ1v) is 5.87. The van der Waals surface area contributed by atoms with Crippen LogP contribution in [0.4, 0.5) is 0 Å². The van der Waals surface area contributed by atoms with Crippen molar-refractivity contribution in [3.63, 3.8) is 0 Å². The maximum Gasteiger partial charge on any atom is 0.311 e. The normalized spacial score (nSPS) is 11.9. The van der Waals surface area contributed by atoms with Crippen LogP contribution in [-0.4, -0.2) is 41.0 Å². The fourth-order valence-electron chi connectivity index (χ4n) is 1.69. The Balaban J connectivity index is 2.93.